The third-order valence-corrected chi connectivity index (χ3v) is 5.36. The molecule has 2 rings (SSSR count). The molecule has 1 heteroatoms. The topological polar surface area (TPSA) is 9.23 Å². The van der Waals surface area contributed by atoms with E-state index in [1.54, 1.807) is 0 Å². The minimum Gasteiger partial charge on any atom is -0.374 e. The zero-order chi connectivity index (χ0) is 13.8. The summed E-state index contributed by atoms with van der Waals surface area (Å²) in [6.07, 6.45) is 12.3. The lowest BCUT2D eigenvalue weighted by atomic mass is 9.88. The standard InChI is InChI=1S/C18H34O/c1-13(2)17(15-9-5-6-10-15)19-18(14(3)4)16-11-7-8-12-16/h13-18H,5-12H2,1-4H3. The monoisotopic (exact) mass is 266 g/mol. The first-order chi connectivity index (χ1) is 9.09. The van der Waals surface area contributed by atoms with Crippen LogP contribution >= 0.6 is 0 Å². The van der Waals surface area contributed by atoms with Crippen molar-refractivity contribution in [3.8, 4) is 0 Å². The van der Waals surface area contributed by atoms with E-state index >= 15 is 0 Å². The summed E-state index contributed by atoms with van der Waals surface area (Å²) in [5.41, 5.74) is 0. The lowest BCUT2D eigenvalue weighted by Crippen LogP contribution is -2.38. The second-order valence-corrected chi connectivity index (χ2v) is 7.64. The average molecular weight is 266 g/mol. The minimum atomic E-state index is 0.510. The highest BCUT2D eigenvalue weighted by molar-refractivity contribution is 4.84. The molecule has 0 saturated heterocycles. The molecule has 19 heavy (non-hydrogen) atoms. The van der Waals surface area contributed by atoms with E-state index < -0.39 is 0 Å². The van der Waals surface area contributed by atoms with E-state index in [1.807, 2.05) is 0 Å². The summed E-state index contributed by atoms with van der Waals surface area (Å²) in [6, 6.07) is 0. The van der Waals surface area contributed by atoms with Crippen LogP contribution in [0.1, 0.15) is 79.1 Å². The molecule has 2 unspecified atom stereocenters. The molecule has 0 aromatic heterocycles. The molecule has 0 heterocycles. The molecule has 2 atom stereocenters. The summed E-state index contributed by atoms with van der Waals surface area (Å²) in [5, 5.41) is 0. The van der Waals surface area contributed by atoms with Crippen molar-refractivity contribution in [2.24, 2.45) is 23.7 Å². The normalized spacial score (nSPS) is 25.6. The van der Waals surface area contributed by atoms with Crippen LogP contribution in [0.3, 0.4) is 0 Å². The number of hydrogen-bond donors (Lipinski definition) is 0. The van der Waals surface area contributed by atoms with E-state index in [9.17, 15) is 0 Å². The molecule has 2 aliphatic rings. The van der Waals surface area contributed by atoms with Crippen LogP contribution in [-0.4, -0.2) is 12.2 Å². The third kappa shape index (κ3) is 3.97. The first-order valence-electron chi connectivity index (χ1n) is 8.75. The van der Waals surface area contributed by atoms with Gasteiger partial charge in [-0.25, -0.2) is 0 Å². The van der Waals surface area contributed by atoms with Gasteiger partial charge in [0.25, 0.3) is 0 Å². The van der Waals surface area contributed by atoms with Gasteiger partial charge < -0.3 is 4.74 Å². The SMILES string of the molecule is CC(C)C(OC(C(C)C)C1CCCC1)C1CCCC1. The summed E-state index contributed by atoms with van der Waals surface area (Å²) in [4.78, 5) is 0. The van der Waals surface area contributed by atoms with Gasteiger partial charge in [-0.1, -0.05) is 53.4 Å². The molecule has 1 nitrogen and oxygen atoms in total. The highest BCUT2D eigenvalue weighted by Crippen LogP contribution is 2.38. The molecule has 2 aliphatic carbocycles. The van der Waals surface area contributed by atoms with Crippen molar-refractivity contribution in [1.29, 1.82) is 0 Å². The fourth-order valence-electron chi connectivity index (χ4n) is 4.38. The Kier molecular flexibility index (Phi) is 5.74. The summed E-state index contributed by atoms with van der Waals surface area (Å²) in [7, 11) is 0. The average Bonchev–Trinajstić information content (AvgIpc) is 3.00. The summed E-state index contributed by atoms with van der Waals surface area (Å²) < 4.78 is 6.74. The Balaban J connectivity index is 1.99. The van der Waals surface area contributed by atoms with E-state index in [-0.39, 0.29) is 0 Å². The quantitative estimate of drug-likeness (QED) is 0.622. The summed E-state index contributed by atoms with van der Waals surface area (Å²) >= 11 is 0. The van der Waals surface area contributed by atoms with Crippen LogP contribution < -0.4 is 0 Å². The molecule has 0 aliphatic heterocycles. The van der Waals surface area contributed by atoms with Gasteiger partial charge in [0.1, 0.15) is 0 Å². The van der Waals surface area contributed by atoms with E-state index in [0.717, 1.165) is 11.8 Å². The maximum absolute atomic E-state index is 6.74. The maximum atomic E-state index is 6.74. The highest BCUT2D eigenvalue weighted by Gasteiger charge is 2.35. The van der Waals surface area contributed by atoms with Gasteiger partial charge in [-0.15, -0.1) is 0 Å². The Hall–Kier alpha value is -0.0400. The van der Waals surface area contributed by atoms with Crippen LogP contribution in [0, 0.1) is 23.7 Å². The zero-order valence-electron chi connectivity index (χ0n) is 13.5. The molecule has 0 aromatic rings. The van der Waals surface area contributed by atoms with Crippen molar-refractivity contribution in [3.05, 3.63) is 0 Å². The van der Waals surface area contributed by atoms with Gasteiger partial charge in [-0.3, -0.25) is 0 Å². The maximum Gasteiger partial charge on any atom is 0.0630 e. The van der Waals surface area contributed by atoms with Crippen molar-refractivity contribution >= 4 is 0 Å². The molecular weight excluding hydrogens is 232 g/mol. The summed E-state index contributed by atoms with van der Waals surface area (Å²) in [5.74, 6) is 3.02. The molecule has 0 N–H and O–H groups in total. The molecule has 2 saturated carbocycles. The Morgan fingerprint density at radius 2 is 0.947 bits per heavy atom. The zero-order valence-corrected chi connectivity index (χ0v) is 13.5. The van der Waals surface area contributed by atoms with Crippen LogP contribution in [0.15, 0.2) is 0 Å². The smallest absolute Gasteiger partial charge is 0.0630 e. The molecule has 2 fully saturated rings. The Morgan fingerprint density at radius 3 is 1.21 bits per heavy atom. The fourth-order valence-corrected chi connectivity index (χ4v) is 4.38. The second kappa shape index (κ2) is 7.11. The van der Waals surface area contributed by atoms with Crippen molar-refractivity contribution in [2.45, 2.75) is 91.3 Å². The van der Waals surface area contributed by atoms with Gasteiger partial charge >= 0.3 is 0 Å². The molecule has 0 amide bonds. The van der Waals surface area contributed by atoms with E-state index in [4.69, 9.17) is 4.74 Å². The van der Waals surface area contributed by atoms with E-state index in [2.05, 4.69) is 27.7 Å². The van der Waals surface area contributed by atoms with Crippen LogP contribution in [0.2, 0.25) is 0 Å². The fraction of sp³-hybridized carbons (Fsp3) is 1.00. The molecular formula is C18H34O. The van der Waals surface area contributed by atoms with Crippen molar-refractivity contribution in [3.63, 3.8) is 0 Å². The predicted molar refractivity (Wildman–Crippen MR) is 82.3 cm³/mol. The van der Waals surface area contributed by atoms with Gasteiger partial charge in [-0.05, 0) is 49.4 Å². The first kappa shape index (κ1) is 15.4. The van der Waals surface area contributed by atoms with E-state index in [1.165, 1.54) is 51.4 Å². The number of ether oxygens (including phenoxy) is 1. The van der Waals surface area contributed by atoms with Crippen LogP contribution in [0.25, 0.3) is 0 Å². The van der Waals surface area contributed by atoms with Gasteiger partial charge in [-0.2, -0.15) is 0 Å². The van der Waals surface area contributed by atoms with E-state index in [0.29, 0.717) is 24.0 Å². The predicted octanol–water partition coefficient (Wildman–Crippen LogP) is 5.43. The highest BCUT2D eigenvalue weighted by atomic mass is 16.5. The van der Waals surface area contributed by atoms with Crippen molar-refractivity contribution in [1.82, 2.24) is 0 Å². The molecule has 0 spiro atoms. The van der Waals surface area contributed by atoms with Gasteiger partial charge in [0, 0.05) is 0 Å². The van der Waals surface area contributed by atoms with Crippen LogP contribution in [0.5, 0.6) is 0 Å². The Morgan fingerprint density at radius 1 is 0.632 bits per heavy atom. The third-order valence-electron chi connectivity index (χ3n) is 5.36. The van der Waals surface area contributed by atoms with Crippen LogP contribution in [0.4, 0.5) is 0 Å². The van der Waals surface area contributed by atoms with Crippen LogP contribution in [-0.2, 0) is 4.74 Å². The van der Waals surface area contributed by atoms with Gasteiger partial charge in [0.2, 0.25) is 0 Å². The largest absolute Gasteiger partial charge is 0.374 e. The lowest BCUT2D eigenvalue weighted by Gasteiger charge is -2.36. The number of hydrogen-bond acceptors (Lipinski definition) is 1. The van der Waals surface area contributed by atoms with Gasteiger partial charge in [0.15, 0.2) is 0 Å². The second-order valence-electron chi connectivity index (χ2n) is 7.64. The lowest BCUT2D eigenvalue weighted by molar-refractivity contribution is -0.105. The molecule has 0 bridgehead atoms. The van der Waals surface area contributed by atoms with Gasteiger partial charge in [0.05, 0.1) is 12.2 Å². The Bertz CT molecular complexity index is 220. The van der Waals surface area contributed by atoms with Crippen molar-refractivity contribution < 1.29 is 4.74 Å². The molecule has 0 aromatic carbocycles. The molecule has 112 valence electrons. The number of rotatable bonds is 6. The summed E-state index contributed by atoms with van der Waals surface area (Å²) in [6.45, 7) is 9.42. The first-order valence-corrected chi connectivity index (χ1v) is 8.75. The molecule has 0 radical (unpaired) electrons. The van der Waals surface area contributed by atoms with Crippen molar-refractivity contribution in [2.75, 3.05) is 0 Å². The Labute approximate surface area is 120 Å². The minimum absolute atomic E-state index is 0.510.